The van der Waals surface area contributed by atoms with Crippen LogP contribution in [0.25, 0.3) is 17.1 Å². The molecule has 9 nitrogen and oxygen atoms in total. The molecule has 0 radical (unpaired) electrons. The summed E-state index contributed by atoms with van der Waals surface area (Å²) in [5.41, 5.74) is 6.97. The zero-order valence-corrected chi connectivity index (χ0v) is 19.2. The maximum atomic E-state index is 13.7. The molecule has 172 valence electrons. The molecule has 1 amide bonds. The molecule has 10 heteroatoms. The van der Waals surface area contributed by atoms with Crippen LogP contribution in [0.2, 0.25) is 0 Å². The van der Waals surface area contributed by atoms with Crippen LogP contribution >= 0.6 is 0 Å². The second kappa shape index (κ2) is 8.80. The highest BCUT2D eigenvalue weighted by Crippen LogP contribution is 2.26. The Morgan fingerprint density at radius 2 is 1.64 bits per heavy atom. The van der Waals surface area contributed by atoms with Gasteiger partial charge in [-0.25, -0.2) is 13.4 Å². The first kappa shape index (κ1) is 22.7. The van der Waals surface area contributed by atoms with Gasteiger partial charge in [-0.3, -0.25) is 14.2 Å². The second-order valence-electron chi connectivity index (χ2n) is 8.01. The molecule has 0 saturated carbocycles. The first-order chi connectivity index (χ1) is 15.7. The van der Waals surface area contributed by atoms with Crippen LogP contribution < -0.4 is 21.5 Å². The molecule has 0 spiro atoms. The Morgan fingerprint density at radius 1 is 1.03 bits per heavy atom. The van der Waals surface area contributed by atoms with Crippen LogP contribution in [-0.2, 0) is 9.84 Å². The number of sulfone groups is 1. The molecule has 1 aromatic heterocycles. The Kier molecular flexibility index (Phi) is 6.05. The lowest BCUT2D eigenvalue weighted by atomic mass is 10.1. The van der Waals surface area contributed by atoms with Gasteiger partial charge in [0.15, 0.2) is 9.84 Å². The van der Waals surface area contributed by atoms with E-state index in [-0.39, 0.29) is 16.3 Å². The molecule has 0 unspecified atom stereocenters. The third kappa shape index (κ3) is 4.53. The van der Waals surface area contributed by atoms with Gasteiger partial charge in [-0.2, -0.15) is 0 Å². The van der Waals surface area contributed by atoms with Crippen LogP contribution in [0.15, 0.2) is 58.2 Å². The van der Waals surface area contributed by atoms with Crippen molar-refractivity contribution < 1.29 is 13.2 Å². The zero-order chi connectivity index (χ0) is 23.8. The fraction of sp³-hybridized carbons (Fsp3) is 0.261. The monoisotopic (exact) mass is 467 g/mol. The van der Waals surface area contributed by atoms with Gasteiger partial charge in [0.05, 0.1) is 10.6 Å². The van der Waals surface area contributed by atoms with Crippen molar-refractivity contribution in [2.45, 2.75) is 11.8 Å². The van der Waals surface area contributed by atoms with Crippen molar-refractivity contribution in [1.29, 1.82) is 0 Å². The molecule has 3 N–H and O–H groups in total. The van der Waals surface area contributed by atoms with E-state index in [1.54, 1.807) is 24.3 Å². The number of hydrogen-bond donors (Lipinski definition) is 2. The fourth-order valence-electron chi connectivity index (χ4n) is 3.81. The summed E-state index contributed by atoms with van der Waals surface area (Å²) in [6.07, 6.45) is 1.13. The van der Waals surface area contributed by atoms with Crippen LogP contribution in [0.3, 0.4) is 0 Å². The number of aromatic nitrogens is 2. The van der Waals surface area contributed by atoms with Crippen molar-refractivity contribution in [2.75, 3.05) is 37.3 Å². The van der Waals surface area contributed by atoms with E-state index in [9.17, 15) is 18.0 Å². The molecule has 0 aliphatic carbocycles. The van der Waals surface area contributed by atoms with Gasteiger partial charge in [0.1, 0.15) is 17.2 Å². The zero-order valence-electron chi connectivity index (χ0n) is 18.4. The van der Waals surface area contributed by atoms with E-state index < -0.39 is 21.3 Å². The molecular formula is C23H25N5O4S. The van der Waals surface area contributed by atoms with Crippen LogP contribution in [-0.4, -0.2) is 56.3 Å². The summed E-state index contributed by atoms with van der Waals surface area (Å²) in [7, 11) is -3.39. The van der Waals surface area contributed by atoms with Crippen LogP contribution in [0.4, 0.5) is 5.82 Å². The fourth-order valence-corrected chi connectivity index (χ4v) is 4.44. The summed E-state index contributed by atoms with van der Waals surface area (Å²) in [5, 5.41) is 3.23. The summed E-state index contributed by atoms with van der Waals surface area (Å²) in [6.45, 7) is 4.41. The van der Waals surface area contributed by atoms with Crippen molar-refractivity contribution in [3.05, 3.63) is 70.0 Å². The van der Waals surface area contributed by atoms with Crippen molar-refractivity contribution in [1.82, 2.24) is 14.9 Å². The number of amides is 1. The third-order valence-corrected chi connectivity index (χ3v) is 6.69. The summed E-state index contributed by atoms with van der Waals surface area (Å²) in [4.78, 5) is 32.8. The van der Waals surface area contributed by atoms with Crippen LogP contribution in [0.1, 0.15) is 15.9 Å². The van der Waals surface area contributed by atoms with E-state index in [4.69, 9.17) is 10.7 Å². The Hall–Kier alpha value is -3.50. The van der Waals surface area contributed by atoms with Crippen LogP contribution in [0, 0.1) is 6.92 Å². The first-order valence-corrected chi connectivity index (χ1v) is 12.4. The van der Waals surface area contributed by atoms with E-state index in [0.29, 0.717) is 43.3 Å². The third-order valence-electron chi connectivity index (χ3n) is 5.56. The molecule has 1 aliphatic rings. The lowest BCUT2D eigenvalue weighted by Crippen LogP contribution is -2.46. The maximum Gasteiger partial charge on any atom is 0.273 e. The van der Waals surface area contributed by atoms with E-state index in [2.05, 4.69) is 5.32 Å². The number of benzene rings is 2. The van der Waals surface area contributed by atoms with Gasteiger partial charge in [-0.05, 0) is 43.3 Å². The first-order valence-electron chi connectivity index (χ1n) is 10.5. The molecule has 4 rings (SSSR count). The Labute approximate surface area is 191 Å². The maximum absolute atomic E-state index is 13.7. The van der Waals surface area contributed by atoms with Crippen LogP contribution in [0.5, 0.6) is 0 Å². The van der Waals surface area contributed by atoms with E-state index in [1.165, 1.54) is 16.7 Å². The minimum absolute atomic E-state index is 0.159. The number of primary amides is 1. The largest absolute Gasteiger partial charge is 0.365 e. The Morgan fingerprint density at radius 3 is 2.18 bits per heavy atom. The number of nitrogens with zero attached hydrogens (tertiary/aromatic N) is 3. The average molecular weight is 468 g/mol. The van der Waals surface area contributed by atoms with Gasteiger partial charge in [-0.1, -0.05) is 17.7 Å². The predicted octanol–water partition coefficient (Wildman–Crippen LogP) is 1.12. The summed E-state index contributed by atoms with van der Waals surface area (Å²) in [6, 6.07) is 13.4. The average Bonchev–Trinajstić information content (AvgIpc) is 2.79. The number of carbonyl (C=O) groups excluding carboxylic acids is 1. The van der Waals surface area contributed by atoms with Crippen molar-refractivity contribution >= 4 is 21.6 Å². The Bertz CT molecular complexity index is 1360. The van der Waals surface area contributed by atoms with Crippen molar-refractivity contribution in [3.8, 4) is 17.1 Å². The van der Waals surface area contributed by atoms with Gasteiger partial charge in [0.2, 0.25) is 0 Å². The molecule has 1 saturated heterocycles. The lowest BCUT2D eigenvalue weighted by Gasteiger charge is -2.30. The SMILES string of the molecule is Cc1ccc(-n2c(-c3ccc(S(C)(=O)=O)cc3)nc(N3CCNCC3)c(C(N)=O)c2=O)cc1. The van der Waals surface area contributed by atoms with E-state index in [1.807, 2.05) is 24.0 Å². The Balaban J connectivity index is 2.01. The number of anilines is 1. The topological polar surface area (TPSA) is 127 Å². The number of rotatable bonds is 5. The molecule has 0 bridgehead atoms. The van der Waals surface area contributed by atoms with Gasteiger partial charge >= 0.3 is 0 Å². The molecule has 1 fully saturated rings. The summed E-state index contributed by atoms with van der Waals surface area (Å²) >= 11 is 0. The van der Waals surface area contributed by atoms with Gasteiger partial charge < -0.3 is 16.0 Å². The normalized spacial score (nSPS) is 14.3. The molecule has 3 aromatic rings. The van der Waals surface area contributed by atoms with E-state index in [0.717, 1.165) is 11.8 Å². The second-order valence-corrected chi connectivity index (χ2v) is 10.0. The smallest absolute Gasteiger partial charge is 0.273 e. The predicted molar refractivity (Wildman–Crippen MR) is 127 cm³/mol. The summed E-state index contributed by atoms with van der Waals surface area (Å²) < 4.78 is 25.1. The minimum atomic E-state index is -3.39. The van der Waals surface area contributed by atoms with Gasteiger partial charge in [-0.15, -0.1) is 0 Å². The highest BCUT2D eigenvalue weighted by atomic mass is 32.2. The van der Waals surface area contributed by atoms with Gasteiger partial charge in [0.25, 0.3) is 11.5 Å². The molecule has 2 heterocycles. The van der Waals surface area contributed by atoms with E-state index >= 15 is 0 Å². The lowest BCUT2D eigenvalue weighted by molar-refractivity contribution is 0.0998. The molecule has 2 aromatic carbocycles. The molecule has 33 heavy (non-hydrogen) atoms. The van der Waals surface area contributed by atoms with Crippen molar-refractivity contribution in [3.63, 3.8) is 0 Å². The van der Waals surface area contributed by atoms with Crippen molar-refractivity contribution in [2.24, 2.45) is 5.73 Å². The standard InChI is InChI=1S/C23H25N5O4S/c1-15-3-7-17(8-4-15)28-21(16-5-9-18(10-6-16)33(2,31)32)26-22(19(20(24)29)23(28)30)27-13-11-25-12-14-27/h3-10,25H,11-14H2,1-2H3,(H2,24,29). The number of aryl methyl sites for hydroxylation is 1. The summed E-state index contributed by atoms with van der Waals surface area (Å²) in [5.74, 6) is -0.317. The van der Waals surface area contributed by atoms with Gasteiger partial charge in [0, 0.05) is 38.0 Å². The number of piperazine rings is 1. The highest BCUT2D eigenvalue weighted by molar-refractivity contribution is 7.90. The molecule has 1 aliphatic heterocycles. The molecule has 0 atom stereocenters. The highest BCUT2D eigenvalue weighted by Gasteiger charge is 2.26. The molecular weight excluding hydrogens is 442 g/mol. The quantitative estimate of drug-likeness (QED) is 0.576. The minimum Gasteiger partial charge on any atom is -0.365 e. The number of carbonyl (C=O) groups is 1. The number of nitrogens with two attached hydrogens (primary N) is 1. The number of nitrogens with one attached hydrogen (secondary N) is 1. The number of hydrogen-bond acceptors (Lipinski definition) is 7.